The van der Waals surface area contributed by atoms with Crippen LogP contribution in [0.5, 0.6) is 11.5 Å². The van der Waals surface area contributed by atoms with Gasteiger partial charge in [-0.3, -0.25) is 0 Å². The van der Waals surface area contributed by atoms with Gasteiger partial charge < -0.3 is 10.1 Å². The Labute approximate surface area is 101 Å². The van der Waals surface area contributed by atoms with Crippen LogP contribution in [-0.4, -0.2) is 5.71 Å². The maximum absolute atomic E-state index is 7.51. The van der Waals surface area contributed by atoms with Gasteiger partial charge in [-0.1, -0.05) is 17.7 Å². The molecule has 0 fully saturated rings. The predicted molar refractivity (Wildman–Crippen MR) is 70.2 cm³/mol. The van der Waals surface area contributed by atoms with Crippen molar-refractivity contribution in [3.05, 3.63) is 59.7 Å². The molecule has 0 atom stereocenters. The molecule has 0 aliphatic carbocycles. The highest BCUT2D eigenvalue weighted by atomic mass is 16.5. The van der Waals surface area contributed by atoms with Crippen molar-refractivity contribution in [2.45, 2.75) is 13.8 Å². The van der Waals surface area contributed by atoms with E-state index in [0.29, 0.717) is 5.71 Å². The largest absolute Gasteiger partial charge is 0.457 e. The lowest BCUT2D eigenvalue weighted by Gasteiger charge is -2.06. The first kappa shape index (κ1) is 11.4. The van der Waals surface area contributed by atoms with E-state index in [-0.39, 0.29) is 0 Å². The summed E-state index contributed by atoms with van der Waals surface area (Å²) in [7, 11) is 0. The van der Waals surface area contributed by atoms with Gasteiger partial charge in [-0.25, -0.2) is 0 Å². The molecule has 0 heterocycles. The van der Waals surface area contributed by atoms with E-state index in [1.54, 1.807) is 6.92 Å². The van der Waals surface area contributed by atoms with Crippen LogP contribution in [-0.2, 0) is 0 Å². The monoisotopic (exact) mass is 225 g/mol. The van der Waals surface area contributed by atoms with Crippen molar-refractivity contribution in [1.82, 2.24) is 0 Å². The van der Waals surface area contributed by atoms with Gasteiger partial charge in [0, 0.05) is 5.71 Å². The molecule has 2 aromatic carbocycles. The molecule has 0 unspecified atom stereocenters. The van der Waals surface area contributed by atoms with Gasteiger partial charge in [0.2, 0.25) is 0 Å². The smallest absolute Gasteiger partial charge is 0.127 e. The van der Waals surface area contributed by atoms with Gasteiger partial charge in [-0.2, -0.15) is 0 Å². The molecular formula is C15H15NO. The van der Waals surface area contributed by atoms with Crippen LogP contribution in [0, 0.1) is 12.3 Å². The summed E-state index contributed by atoms with van der Waals surface area (Å²) in [6.07, 6.45) is 0. The standard InChI is InChI=1S/C15H15NO/c1-11-3-7-14(8-4-11)17-15-9-5-13(6-10-15)12(2)16/h3-10,16H,1-2H3. The highest BCUT2D eigenvalue weighted by Crippen LogP contribution is 2.21. The highest BCUT2D eigenvalue weighted by molar-refractivity contribution is 5.96. The number of benzene rings is 2. The number of hydrogen-bond donors (Lipinski definition) is 1. The van der Waals surface area contributed by atoms with Crippen LogP contribution in [0.2, 0.25) is 0 Å². The Balaban J connectivity index is 2.13. The van der Waals surface area contributed by atoms with E-state index in [1.165, 1.54) is 5.56 Å². The van der Waals surface area contributed by atoms with E-state index in [9.17, 15) is 0 Å². The average Bonchev–Trinajstić information content (AvgIpc) is 2.33. The van der Waals surface area contributed by atoms with Gasteiger partial charge in [0.1, 0.15) is 11.5 Å². The lowest BCUT2D eigenvalue weighted by molar-refractivity contribution is 0.482. The summed E-state index contributed by atoms with van der Waals surface area (Å²) in [5.74, 6) is 1.62. The van der Waals surface area contributed by atoms with Crippen LogP contribution in [0.25, 0.3) is 0 Å². The van der Waals surface area contributed by atoms with Crippen molar-refractivity contribution in [3.8, 4) is 11.5 Å². The first-order valence-corrected chi connectivity index (χ1v) is 5.55. The SMILES string of the molecule is CC(=N)c1ccc(Oc2ccc(C)cc2)cc1. The molecule has 17 heavy (non-hydrogen) atoms. The van der Waals surface area contributed by atoms with Crippen LogP contribution >= 0.6 is 0 Å². The summed E-state index contributed by atoms with van der Waals surface area (Å²) < 4.78 is 5.70. The second kappa shape index (κ2) is 4.83. The molecule has 0 radical (unpaired) electrons. The fraction of sp³-hybridized carbons (Fsp3) is 0.133. The molecule has 0 aliphatic heterocycles. The maximum atomic E-state index is 7.51. The van der Waals surface area contributed by atoms with E-state index in [4.69, 9.17) is 10.1 Å². The normalized spacial score (nSPS) is 10.0. The van der Waals surface area contributed by atoms with Crippen LogP contribution in [0.3, 0.4) is 0 Å². The summed E-state index contributed by atoms with van der Waals surface area (Å²) in [5.41, 5.74) is 2.69. The second-order valence-corrected chi connectivity index (χ2v) is 4.06. The molecule has 86 valence electrons. The highest BCUT2D eigenvalue weighted by Gasteiger charge is 1.98. The molecule has 0 amide bonds. The molecule has 2 nitrogen and oxygen atoms in total. The second-order valence-electron chi connectivity index (χ2n) is 4.06. The van der Waals surface area contributed by atoms with Gasteiger partial charge in [0.25, 0.3) is 0 Å². The van der Waals surface area contributed by atoms with Crippen molar-refractivity contribution in [3.63, 3.8) is 0 Å². The minimum atomic E-state index is 0.562. The van der Waals surface area contributed by atoms with Gasteiger partial charge in [-0.15, -0.1) is 0 Å². The van der Waals surface area contributed by atoms with E-state index in [0.717, 1.165) is 17.1 Å². The van der Waals surface area contributed by atoms with Crippen LogP contribution in [0.4, 0.5) is 0 Å². The molecule has 0 saturated heterocycles. The van der Waals surface area contributed by atoms with E-state index in [2.05, 4.69) is 0 Å². The number of ether oxygens (including phenoxy) is 1. The van der Waals surface area contributed by atoms with Gasteiger partial charge in [0.05, 0.1) is 0 Å². The zero-order chi connectivity index (χ0) is 12.3. The molecule has 2 heteroatoms. The van der Waals surface area contributed by atoms with E-state index >= 15 is 0 Å². The molecule has 0 aromatic heterocycles. The van der Waals surface area contributed by atoms with Crippen molar-refractivity contribution in [2.75, 3.05) is 0 Å². The molecular weight excluding hydrogens is 210 g/mol. The zero-order valence-electron chi connectivity index (χ0n) is 10.0. The first-order valence-electron chi connectivity index (χ1n) is 5.55. The number of nitrogens with one attached hydrogen (secondary N) is 1. The Bertz CT molecular complexity index is 512. The summed E-state index contributed by atoms with van der Waals surface area (Å²) in [5, 5.41) is 7.51. The minimum absolute atomic E-state index is 0.562. The number of aryl methyl sites for hydroxylation is 1. The fourth-order valence-corrected chi connectivity index (χ4v) is 1.52. The molecule has 2 aromatic rings. The molecule has 2 rings (SSSR count). The predicted octanol–water partition coefficient (Wildman–Crippen LogP) is 4.18. The van der Waals surface area contributed by atoms with E-state index in [1.807, 2.05) is 55.5 Å². The van der Waals surface area contributed by atoms with Gasteiger partial charge >= 0.3 is 0 Å². The lowest BCUT2D eigenvalue weighted by atomic mass is 10.1. The summed E-state index contributed by atoms with van der Waals surface area (Å²) in [4.78, 5) is 0. The Morgan fingerprint density at radius 3 is 1.82 bits per heavy atom. The zero-order valence-corrected chi connectivity index (χ0v) is 10.0. The Hall–Kier alpha value is -2.09. The third-order valence-corrected chi connectivity index (χ3v) is 2.54. The Morgan fingerprint density at radius 1 is 0.882 bits per heavy atom. The van der Waals surface area contributed by atoms with Crippen molar-refractivity contribution >= 4 is 5.71 Å². The molecule has 0 aliphatic rings. The van der Waals surface area contributed by atoms with Crippen molar-refractivity contribution in [2.24, 2.45) is 0 Å². The summed E-state index contributed by atoms with van der Waals surface area (Å²) >= 11 is 0. The minimum Gasteiger partial charge on any atom is -0.457 e. The third kappa shape index (κ3) is 2.94. The number of hydrogen-bond acceptors (Lipinski definition) is 2. The quantitative estimate of drug-likeness (QED) is 0.781. The Kier molecular flexibility index (Phi) is 3.24. The lowest BCUT2D eigenvalue weighted by Crippen LogP contribution is -1.91. The average molecular weight is 225 g/mol. The van der Waals surface area contributed by atoms with Crippen molar-refractivity contribution in [1.29, 1.82) is 5.41 Å². The number of rotatable bonds is 3. The van der Waals surface area contributed by atoms with E-state index < -0.39 is 0 Å². The van der Waals surface area contributed by atoms with Crippen LogP contribution in [0.15, 0.2) is 48.5 Å². The Morgan fingerprint density at radius 2 is 1.35 bits per heavy atom. The molecule has 0 spiro atoms. The topological polar surface area (TPSA) is 33.1 Å². The molecule has 0 bridgehead atoms. The maximum Gasteiger partial charge on any atom is 0.127 e. The molecule has 1 N–H and O–H groups in total. The van der Waals surface area contributed by atoms with Crippen LogP contribution < -0.4 is 4.74 Å². The van der Waals surface area contributed by atoms with Crippen LogP contribution in [0.1, 0.15) is 18.1 Å². The summed E-state index contributed by atoms with van der Waals surface area (Å²) in [6.45, 7) is 3.82. The summed E-state index contributed by atoms with van der Waals surface area (Å²) in [6, 6.07) is 15.5. The van der Waals surface area contributed by atoms with Crippen molar-refractivity contribution < 1.29 is 4.74 Å². The fourth-order valence-electron chi connectivity index (χ4n) is 1.52. The van der Waals surface area contributed by atoms with Gasteiger partial charge in [0.15, 0.2) is 0 Å². The first-order chi connectivity index (χ1) is 8.15. The third-order valence-electron chi connectivity index (χ3n) is 2.54. The molecule has 0 saturated carbocycles. The van der Waals surface area contributed by atoms with Gasteiger partial charge in [-0.05, 0) is 55.8 Å².